The quantitative estimate of drug-likeness (QED) is 0.537. The lowest BCUT2D eigenvalue weighted by atomic mass is 9.81. The first kappa shape index (κ1) is 27.4. The molecule has 0 radical (unpaired) electrons. The maximum absolute atomic E-state index is 12.9. The second kappa shape index (κ2) is 12.4. The van der Waals surface area contributed by atoms with E-state index in [0.717, 1.165) is 90.6 Å². The third-order valence-corrected chi connectivity index (χ3v) is 9.22. The molecule has 4 fully saturated rings. The number of carbonyl (C=O) groups is 2. The second-order valence-corrected chi connectivity index (χ2v) is 12.0. The molecule has 0 bridgehead atoms. The van der Waals surface area contributed by atoms with Crippen molar-refractivity contribution in [3.05, 3.63) is 35.4 Å². The molecule has 0 atom stereocenters. The lowest BCUT2D eigenvalue weighted by Gasteiger charge is -2.37. The minimum absolute atomic E-state index is 0.0655. The van der Waals surface area contributed by atoms with Gasteiger partial charge in [0.05, 0.1) is 30.8 Å². The number of nitrogens with zero attached hydrogens (tertiary/aromatic N) is 5. The largest absolute Gasteiger partial charge is 0.441 e. The van der Waals surface area contributed by atoms with Gasteiger partial charge in [0.25, 0.3) is 0 Å². The Morgan fingerprint density at radius 1 is 0.974 bits per heavy atom. The van der Waals surface area contributed by atoms with Crippen molar-refractivity contribution in [2.24, 2.45) is 11.8 Å². The summed E-state index contributed by atoms with van der Waals surface area (Å²) >= 11 is 0. The molecule has 39 heavy (non-hydrogen) atoms. The SMILES string of the molecule is N#CCN1CCC(NC(=O)C2CCC(CN3CC4(CCN(Cc5ccc(C#N)cc5)CC4)OC3=O)CC2)CC1. The van der Waals surface area contributed by atoms with Crippen molar-refractivity contribution in [3.63, 3.8) is 0 Å². The maximum atomic E-state index is 12.9. The van der Waals surface area contributed by atoms with Gasteiger partial charge >= 0.3 is 6.09 Å². The fraction of sp³-hybridized carbons (Fsp3) is 0.667. The zero-order valence-electron chi connectivity index (χ0n) is 22.8. The van der Waals surface area contributed by atoms with Gasteiger partial charge in [-0.3, -0.25) is 14.6 Å². The highest BCUT2D eigenvalue weighted by Gasteiger charge is 2.47. The third kappa shape index (κ3) is 6.90. The van der Waals surface area contributed by atoms with Crippen molar-refractivity contribution in [1.29, 1.82) is 10.5 Å². The van der Waals surface area contributed by atoms with E-state index < -0.39 is 0 Å². The maximum Gasteiger partial charge on any atom is 0.410 e. The minimum atomic E-state index is -0.377. The first-order valence-corrected chi connectivity index (χ1v) is 14.5. The average Bonchev–Trinajstić information content (AvgIpc) is 3.26. The number of rotatable bonds is 7. The first-order valence-electron chi connectivity index (χ1n) is 14.5. The van der Waals surface area contributed by atoms with Crippen LogP contribution in [0.15, 0.2) is 24.3 Å². The lowest BCUT2D eigenvalue weighted by molar-refractivity contribution is -0.127. The van der Waals surface area contributed by atoms with Gasteiger partial charge in [-0.1, -0.05) is 12.1 Å². The van der Waals surface area contributed by atoms with Gasteiger partial charge in [0.15, 0.2) is 0 Å². The van der Waals surface area contributed by atoms with Gasteiger partial charge in [0, 0.05) is 64.1 Å². The summed E-state index contributed by atoms with van der Waals surface area (Å²) in [5, 5.41) is 21.1. The van der Waals surface area contributed by atoms with E-state index in [2.05, 4.69) is 27.3 Å². The van der Waals surface area contributed by atoms with Crippen LogP contribution in [0.4, 0.5) is 4.79 Å². The Morgan fingerprint density at radius 2 is 1.67 bits per heavy atom. The van der Waals surface area contributed by atoms with Crippen LogP contribution in [-0.4, -0.2) is 84.2 Å². The molecule has 1 spiro atoms. The van der Waals surface area contributed by atoms with Crippen LogP contribution in [0.3, 0.4) is 0 Å². The lowest BCUT2D eigenvalue weighted by Crippen LogP contribution is -2.47. The van der Waals surface area contributed by atoms with Crippen LogP contribution in [0.2, 0.25) is 0 Å². The molecule has 9 heteroatoms. The molecule has 3 saturated heterocycles. The average molecular weight is 533 g/mol. The van der Waals surface area contributed by atoms with Gasteiger partial charge in [0.1, 0.15) is 5.60 Å². The number of hydrogen-bond donors (Lipinski definition) is 1. The number of carbonyl (C=O) groups excluding carboxylic acids is 2. The summed E-state index contributed by atoms with van der Waals surface area (Å²) in [4.78, 5) is 32.1. The Labute approximate surface area is 231 Å². The van der Waals surface area contributed by atoms with Crippen LogP contribution in [0.25, 0.3) is 0 Å². The summed E-state index contributed by atoms with van der Waals surface area (Å²) in [6.45, 7) is 6.22. The minimum Gasteiger partial charge on any atom is -0.441 e. The highest BCUT2D eigenvalue weighted by atomic mass is 16.6. The number of nitriles is 2. The molecule has 3 aliphatic heterocycles. The third-order valence-electron chi connectivity index (χ3n) is 9.22. The Balaban J connectivity index is 1.02. The van der Waals surface area contributed by atoms with E-state index in [1.807, 2.05) is 29.2 Å². The zero-order chi connectivity index (χ0) is 27.2. The van der Waals surface area contributed by atoms with Gasteiger partial charge in [-0.05, 0) is 62.1 Å². The van der Waals surface area contributed by atoms with Gasteiger partial charge in [-0.2, -0.15) is 10.5 Å². The monoisotopic (exact) mass is 532 g/mol. The van der Waals surface area contributed by atoms with E-state index in [9.17, 15) is 9.59 Å². The van der Waals surface area contributed by atoms with E-state index in [1.54, 1.807) is 0 Å². The van der Waals surface area contributed by atoms with Crippen LogP contribution in [0.1, 0.15) is 62.5 Å². The summed E-state index contributed by atoms with van der Waals surface area (Å²) < 4.78 is 5.98. The number of likely N-dealkylation sites (tertiary alicyclic amines) is 2. The standard InChI is InChI=1S/C30H40N6O3/c31-13-18-34-14-9-27(10-15-34)33-28(37)26-7-5-25(6-8-26)21-36-22-30(39-29(36)38)11-16-35(17-12-30)20-24-3-1-23(19-32)2-4-24/h1-4,25-27H,5-12,14-18,20-22H2,(H,33,37). The molecule has 1 aliphatic carbocycles. The molecule has 9 nitrogen and oxygen atoms in total. The highest BCUT2D eigenvalue weighted by molar-refractivity contribution is 5.79. The fourth-order valence-corrected chi connectivity index (χ4v) is 6.73. The number of benzene rings is 1. The summed E-state index contributed by atoms with van der Waals surface area (Å²) in [5.74, 6) is 0.664. The first-order chi connectivity index (χ1) is 18.9. The Bertz CT molecular complexity index is 1090. The van der Waals surface area contributed by atoms with Gasteiger partial charge in [-0.25, -0.2) is 4.79 Å². The molecular weight excluding hydrogens is 492 g/mol. The summed E-state index contributed by atoms with van der Waals surface area (Å²) in [6.07, 6.45) is 7.01. The van der Waals surface area contributed by atoms with E-state index in [-0.39, 0.29) is 29.6 Å². The van der Waals surface area contributed by atoms with Crippen LogP contribution in [0, 0.1) is 34.5 Å². The molecule has 0 unspecified atom stereocenters. The number of piperidine rings is 2. The molecule has 1 aromatic rings. The predicted molar refractivity (Wildman–Crippen MR) is 145 cm³/mol. The molecule has 2 amide bonds. The van der Waals surface area contributed by atoms with Crippen molar-refractivity contribution in [3.8, 4) is 12.1 Å². The van der Waals surface area contributed by atoms with Gasteiger partial charge < -0.3 is 15.0 Å². The van der Waals surface area contributed by atoms with Crippen molar-refractivity contribution in [2.75, 3.05) is 45.8 Å². The van der Waals surface area contributed by atoms with E-state index >= 15 is 0 Å². The number of amides is 2. The van der Waals surface area contributed by atoms with Crippen molar-refractivity contribution >= 4 is 12.0 Å². The number of hydrogen-bond acceptors (Lipinski definition) is 7. The molecule has 1 N–H and O–H groups in total. The van der Waals surface area contributed by atoms with Gasteiger partial charge in [0.2, 0.25) is 5.91 Å². The second-order valence-electron chi connectivity index (χ2n) is 12.0. The predicted octanol–water partition coefficient (Wildman–Crippen LogP) is 3.26. The molecule has 0 aromatic heterocycles. The highest BCUT2D eigenvalue weighted by Crippen LogP contribution is 2.36. The Kier molecular flexibility index (Phi) is 8.69. The van der Waals surface area contributed by atoms with Gasteiger partial charge in [-0.15, -0.1) is 0 Å². The van der Waals surface area contributed by atoms with Crippen LogP contribution >= 0.6 is 0 Å². The summed E-state index contributed by atoms with van der Waals surface area (Å²) in [5.41, 5.74) is 1.49. The normalized spacial score (nSPS) is 26.1. The van der Waals surface area contributed by atoms with E-state index in [1.165, 1.54) is 5.56 Å². The van der Waals surface area contributed by atoms with Crippen LogP contribution in [-0.2, 0) is 16.1 Å². The number of nitrogens with one attached hydrogen (secondary N) is 1. The van der Waals surface area contributed by atoms with Crippen molar-refractivity contribution in [1.82, 2.24) is 20.0 Å². The molecule has 5 rings (SSSR count). The summed E-state index contributed by atoms with van der Waals surface area (Å²) in [7, 11) is 0. The molecule has 3 heterocycles. The molecule has 1 saturated carbocycles. The topological polar surface area (TPSA) is 113 Å². The van der Waals surface area contributed by atoms with Crippen LogP contribution in [0.5, 0.6) is 0 Å². The molecule has 4 aliphatic rings. The van der Waals surface area contributed by atoms with Crippen LogP contribution < -0.4 is 5.32 Å². The molecular formula is C30H40N6O3. The Hall–Kier alpha value is -3.14. The Morgan fingerprint density at radius 3 is 2.31 bits per heavy atom. The number of ether oxygens (including phenoxy) is 1. The molecule has 1 aromatic carbocycles. The molecule has 208 valence electrons. The summed E-state index contributed by atoms with van der Waals surface area (Å²) in [6, 6.07) is 12.3. The van der Waals surface area contributed by atoms with Crippen molar-refractivity contribution < 1.29 is 14.3 Å². The van der Waals surface area contributed by atoms with Crippen molar-refractivity contribution in [2.45, 2.75) is 69.6 Å². The fourth-order valence-electron chi connectivity index (χ4n) is 6.73. The zero-order valence-corrected chi connectivity index (χ0v) is 22.8. The van der Waals surface area contributed by atoms with E-state index in [4.69, 9.17) is 15.3 Å². The smallest absolute Gasteiger partial charge is 0.410 e. The van der Waals surface area contributed by atoms with E-state index in [0.29, 0.717) is 24.6 Å².